The first-order valence-corrected chi connectivity index (χ1v) is 8.15. The molecule has 0 aromatic heterocycles. The van der Waals surface area contributed by atoms with Gasteiger partial charge in [-0.3, -0.25) is 4.79 Å². The highest BCUT2D eigenvalue weighted by Gasteiger charge is 2.21. The van der Waals surface area contributed by atoms with Crippen LogP contribution in [-0.4, -0.2) is 31.7 Å². The first-order chi connectivity index (χ1) is 9.16. The number of phenols is 1. The molecule has 6 nitrogen and oxygen atoms in total. The molecule has 1 aromatic carbocycles. The lowest BCUT2D eigenvalue weighted by Crippen LogP contribution is -2.40. The van der Waals surface area contributed by atoms with Crippen LogP contribution in [0, 0.1) is 5.92 Å². The number of nitrogens with one attached hydrogen (secondary N) is 1. The molecule has 2 atom stereocenters. The van der Waals surface area contributed by atoms with E-state index in [1.807, 2.05) is 13.8 Å². The summed E-state index contributed by atoms with van der Waals surface area (Å²) in [6, 6.07) is 2.99. The standard InChI is InChI=1S/C13H20N2O4S/c1-4-8(2)12(14)13(17)15-10-7-9(20(3,18)19)5-6-11(10)16/h5-8,12,16H,4,14H2,1-3H3,(H,15,17). The zero-order chi connectivity index (χ0) is 15.5. The van der Waals surface area contributed by atoms with Crippen LogP contribution in [0.1, 0.15) is 20.3 Å². The topological polar surface area (TPSA) is 109 Å². The highest BCUT2D eigenvalue weighted by atomic mass is 32.2. The van der Waals surface area contributed by atoms with Gasteiger partial charge >= 0.3 is 0 Å². The predicted octanol–water partition coefficient (Wildman–Crippen LogP) is 1.11. The van der Waals surface area contributed by atoms with Gasteiger partial charge in [0.25, 0.3) is 0 Å². The van der Waals surface area contributed by atoms with Crippen molar-refractivity contribution >= 4 is 21.4 Å². The van der Waals surface area contributed by atoms with E-state index >= 15 is 0 Å². The first-order valence-electron chi connectivity index (χ1n) is 6.26. The van der Waals surface area contributed by atoms with Gasteiger partial charge in [-0.05, 0) is 24.1 Å². The molecule has 0 fully saturated rings. The Labute approximate surface area is 118 Å². The molecule has 7 heteroatoms. The third-order valence-corrected chi connectivity index (χ3v) is 4.32. The summed E-state index contributed by atoms with van der Waals surface area (Å²) in [7, 11) is -3.41. The Morgan fingerprint density at radius 1 is 1.45 bits per heavy atom. The molecule has 0 bridgehead atoms. The van der Waals surface area contributed by atoms with Crippen LogP contribution in [0.2, 0.25) is 0 Å². The third-order valence-electron chi connectivity index (χ3n) is 3.21. The molecule has 0 saturated carbocycles. The molecule has 2 unspecified atom stereocenters. The number of hydrogen-bond acceptors (Lipinski definition) is 5. The molecule has 0 aliphatic carbocycles. The van der Waals surface area contributed by atoms with Crippen LogP contribution in [0.5, 0.6) is 5.75 Å². The number of aromatic hydroxyl groups is 1. The summed E-state index contributed by atoms with van der Waals surface area (Å²) >= 11 is 0. The molecular weight excluding hydrogens is 280 g/mol. The fraction of sp³-hybridized carbons (Fsp3) is 0.462. The number of carbonyl (C=O) groups excluding carboxylic acids is 1. The Hall–Kier alpha value is -1.60. The maximum Gasteiger partial charge on any atom is 0.241 e. The zero-order valence-corrected chi connectivity index (χ0v) is 12.6. The van der Waals surface area contributed by atoms with Crippen molar-refractivity contribution in [2.24, 2.45) is 11.7 Å². The summed E-state index contributed by atoms with van der Waals surface area (Å²) in [4.78, 5) is 11.9. The van der Waals surface area contributed by atoms with Crippen LogP contribution < -0.4 is 11.1 Å². The summed E-state index contributed by atoms with van der Waals surface area (Å²) < 4.78 is 22.9. The summed E-state index contributed by atoms with van der Waals surface area (Å²) in [5.41, 5.74) is 5.82. The lowest BCUT2D eigenvalue weighted by Gasteiger charge is -2.18. The van der Waals surface area contributed by atoms with E-state index in [1.54, 1.807) is 0 Å². The van der Waals surface area contributed by atoms with Crippen molar-refractivity contribution in [3.8, 4) is 5.75 Å². The molecule has 112 valence electrons. The fourth-order valence-corrected chi connectivity index (χ4v) is 2.22. The van der Waals surface area contributed by atoms with Gasteiger partial charge < -0.3 is 16.2 Å². The number of anilines is 1. The Kier molecular flexibility index (Phi) is 5.13. The Bertz CT molecular complexity index is 598. The second kappa shape index (κ2) is 6.23. The van der Waals surface area contributed by atoms with E-state index in [4.69, 9.17) is 5.73 Å². The van der Waals surface area contributed by atoms with Crippen molar-refractivity contribution in [3.05, 3.63) is 18.2 Å². The van der Waals surface area contributed by atoms with Crippen LogP contribution in [-0.2, 0) is 14.6 Å². The van der Waals surface area contributed by atoms with Crippen molar-refractivity contribution in [1.82, 2.24) is 0 Å². The average molecular weight is 300 g/mol. The second-order valence-corrected chi connectivity index (χ2v) is 6.87. The first kappa shape index (κ1) is 16.5. The monoisotopic (exact) mass is 300 g/mol. The van der Waals surface area contributed by atoms with Gasteiger partial charge in [0.2, 0.25) is 5.91 Å². The summed E-state index contributed by atoms with van der Waals surface area (Å²) in [6.45, 7) is 3.76. The molecule has 20 heavy (non-hydrogen) atoms. The highest BCUT2D eigenvalue weighted by molar-refractivity contribution is 7.90. The summed E-state index contributed by atoms with van der Waals surface area (Å²) in [6.07, 6.45) is 1.79. The predicted molar refractivity (Wildman–Crippen MR) is 77.3 cm³/mol. The van der Waals surface area contributed by atoms with Crippen LogP contribution in [0.25, 0.3) is 0 Å². The number of amides is 1. The van der Waals surface area contributed by atoms with E-state index in [2.05, 4.69) is 5.32 Å². The molecular formula is C13H20N2O4S. The fourth-order valence-electron chi connectivity index (χ4n) is 1.57. The van der Waals surface area contributed by atoms with E-state index in [-0.39, 0.29) is 22.3 Å². The van der Waals surface area contributed by atoms with Crippen LogP contribution in [0.4, 0.5) is 5.69 Å². The van der Waals surface area contributed by atoms with E-state index in [0.29, 0.717) is 0 Å². The smallest absolute Gasteiger partial charge is 0.241 e. The van der Waals surface area contributed by atoms with Gasteiger partial charge in [-0.2, -0.15) is 0 Å². The molecule has 0 heterocycles. The normalized spacial score (nSPS) is 14.6. The van der Waals surface area contributed by atoms with Crippen molar-refractivity contribution in [2.75, 3.05) is 11.6 Å². The van der Waals surface area contributed by atoms with E-state index in [9.17, 15) is 18.3 Å². The molecule has 4 N–H and O–H groups in total. The number of nitrogens with two attached hydrogens (primary N) is 1. The van der Waals surface area contributed by atoms with E-state index < -0.39 is 21.8 Å². The maximum absolute atomic E-state index is 11.9. The highest BCUT2D eigenvalue weighted by Crippen LogP contribution is 2.26. The van der Waals surface area contributed by atoms with Crippen LogP contribution in [0.15, 0.2) is 23.1 Å². The molecule has 0 radical (unpaired) electrons. The van der Waals surface area contributed by atoms with E-state index in [1.165, 1.54) is 18.2 Å². The Morgan fingerprint density at radius 2 is 2.05 bits per heavy atom. The van der Waals surface area contributed by atoms with Gasteiger partial charge in [0.15, 0.2) is 9.84 Å². The minimum absolute atomic E-state index is 0.0164. The van der Waals surface area contributed by atoms with Crippen LogP contribution >= 0.6 is 0 Å². The van der Waals surface area contributed by atoms with Gasteiger partial charge in [0, 0.05) is 6.26 Å². The zero-order valence-electron chi connectivity index (χ0n) is 11.8. The SMILES string of the molecule is CCC(C)C(N)C(=O)Nc1cc(S(C)(=O)=O)ccc1O. The third kappa shape index (κ3) is 3.94. The average Bonchev–Trinajstić information content (AvgIpc) is 2.38. The van der Waals surface area contributed by atoms with Crippen molar-refractivity contribution in [1.29, 1.82) is 0 Å². The van der Waals surface area contributed by atoms with Gasteiger partial charge in [0.05, 0.1) is 16.6 Å². The Morgan fingerprint density at radius 3 is 2.55 bits per heavy atom. The van der Waals surface area contributed by atoms with Crippen LogP contribution in [0.3, 0.4) is 0 Å². The lowest BCUT2D eigenvalue weighted by molar-refractivity contribution is -0.118. The van der Waals surface area contributed by atoms with E-state index in [0.717, 1.165) is 12.7 Å². The molecule has 0 aliphatic rings. The second-order valence-electron chi connectivity index (χ2n) is 4.85. The molecule has 1 amide bonds. The largest absolute Gasteiger partial charge is 0.506 e. The summed E-state index contributed by atoms with van der Waals surface area (Å²) in [5.74, 6) is -0.683. The number of benzene rings is 1. The summed E-state index contributed by atoms with van der Waals surface area (Å²) in [5, 5.41) is 12.1. The quantitative estimate of drug-likeness (QED) is 0.706. The number of carbonyl (C=O) groups is 1. The lowest BCUT2D eigenvalue weighted by atomic mass is 9.99. The Balaban J connectivity index is 3.01. The number of sulfone groups is 1. The minimum Gasteiger partial charge on any atom is -0.506 e. The molecule has 0 aliphatic heterocycles. The molecule has 1 aromatic rings. The van der Waals surface area contributed by atoms with Gasteiger partial charge in [0.1, 0.15) is 5.75 Å². The molecule has 0 spiro atoms. The van der Waals surface area contributed by atoms with Gasteiger partial charge in [-0.1, -0.05) is 20.3 Å². The number of rotatable bonds is 5. The number of phenolic OH excluding ortho intramolecular Hbond substituents is 1. The van der Waals surface area contributed by atoms with Crippen molar-refractivity contribution < 1.29 is 18.3 Å². The van der Waals surface area contributed by atoms with Crippen molar-refractivity contribution in [3.63, 3.8) is 0 Å². The molecule has 1 rings (SSSR count). The molecule has 0 saturated heterocycles. The minimum atomic E-state index is -3.41. The van der Waals surface area contributed by atoms with Gasteiger partial charge in [-0.15, -0.1) is 0 Å². The van der Waals surface area contributed by atoms with Gasteiger partial charge in [-0.25, -0.2) is 8.42 Å². The maximum atomic E-state index is 11.9. The van der Waals surface area contributed by atoms with Crippen molar-refractivity contribution in [2.45, 2.75) is 31.2 Å². The number of hydrogen-bond donors (Lipinski definition) is 3.